The molecule has 0 aliphatic heterocycles. The molecule has 2 heteroatoms. The maximum Gasteiger partial charge on any atom is 0.120 e. The SMILES string of the molecule is COc1cccc(N(c2ccc(C(C)(C)C)cc2)c2ccc(C(C)(C)C)cc2)c1. The number of hydrogen-bond acceptors (Lipinski definition) is 2. The van der Waals surface area contributed by atoms with E-state index in [1.54, 1.807) is 7.11 Å². The predicted octanol–water partition coefficient (Wildman–Crippen LogP) is 7.76. The third-order valence-electron chi connectivity index (χ3n) is 5.29. The first-order valence-electron chi connectivity index (χ1n) is 10.2. The van der Waals surface area contributed by atoms with Gasteiger partial charge in [0, 0.05) is 23.1 Å². The molecule has 0 heterocycles. The summed E-state index contributed by atoms with van der Waals surface area (Å²) < 4.78 is 5.48. The van der Waals surface area contributed by atoms with Gasteiger partial charge in [0.1, 0.15) is 5.75 Å². The molecule has 0 aromatic heterocycles. The van der Waals surface area contributed by atoms with Crippen LogP contribution in [0.1, 0.15) is 52.7 Å². The Kier molecular flexibility index (Phi) is 5.75. The van der Waals surface area contributed by atoms with Gasteiger partial charge in [-0.05, 0) is 58.4 Å². The van der Waals surface area contributed by atoms with Gasteiger partial charge in [-0.15, -0.1) is 0 Å². The van der Waals surface area contributed by atoms with Gasteiger partial charge in [0.2, 0.25) is 0 Å². The van der Waals surface area contributed by atoms with Gasteiger partial charge in [0.25, 0.3) is 0 Å². The van der Waals surface area contributed by atoms with Gasteiger partial charge in [0.15, 0.2) is 0 Å². The second kappa shape index (κ2) is 7.94. The van der Waals surface area contributed by atoms with Crippen LogP contribution in [0, 0.1) is 0 Å². The fraction of sp³-hybridized carbons (Fsp3) is 0.333. The van der Waals surface area contributed by atoms with Crippen molar-refractivity contribution >= 4 is 17.1 Å². The third kappa shape index (κ3) is 4.82. The number of ether oxygens (including phenoxy) is 1. The molecular formula is C27H33NO. The molecule has 0 aliphatic rings. The Morgan fingerprint density at radius 3 is 1.41 bits per heavy atom. The van der Waals surface area contributed by atoms with Crippen molar-refractivity contribution in [2.75, 3.05) is 12.0 Å². The van der Waals surface area contributed by atoms with E-state index in [2.05, 4.69) is 107 Å². The maximum absolute atomic E-state index is 5.48. The number of anilines is 3. The van der Waals surface area contributed by atoms with E-state index in [-0.39, 0.29) is 10.8 Å². The number of benzene rings is 3. The molecule has 0 fully saturated rings. The van der Waals surface area contributed by atoms with Gasteiger partial charge in [0.05, 0.1) is 7.11 Å². The highest BCUT2D eigenvalue weighted by Crippen LogP contribution is 2.38. The Balaban J connectivity index is 2.09. The van der Waals surface area contributed by atoms with E-state index in [9.17, 15) is 0 Å². The van der Waals surface area contributed by atoms with E-state index in [1.807, 2.05) is 12.1 Å². The average molecular weight is 388 g/mol. The lowest BCUT2D eigenvalue weighted by Crippen LogP contribution is -2.14. The second-order valence-electron chi connectivity index (χ2n) is 9.63. The smallest absolute Gasteiger partial charge is 0.120 e. The molecule has 0 bridgehead atoms. The molecule has 0 aliphatic carbocycles. The zero-order chi connectivity index (χ0) is 21.2. The van der Waals surface area contributed by atoms with E-state index >= 15 is 0 Å². The van der Waals surface area contributed by atoms with Crippen LogP contribution in [0.3, 0.4) is 0 Å². The van der Waals surface area contributed by atoms with Crippen molar-refractivity contribution in [3.63, 3.8) is 0 Å². The van der Waals surface area contributed by atoms with Crippen LogP contribution < -0.4 is 9.64 Å². The van der Waals surface area contributed by atoms with Crippen LogP contribution in [-0.4, -0.2) is 7.11 Å². The summed E-state index contributed by atoms with van der Waals surface area (Å²) >= 11 is 0. The van der Waals surface area contributed by atoms with E-state index < -0.39 is 0 Å². The molecule has 0 spiro atoms. The molecule has 0 amide bonds. The monoisotopic (exact) mass is 387 g/mol. The summed E-state index contributed by atoms with van der Waals surface area (Å²) in [7, 11) is 1.71. The molecule has 0 saturated heterocycles. The third-order valence-corrected chi connectivity index (χ3v) is 5.29. The van der Waals surface area contributed by atoms with Crippen molar-refractivity contribution < 1.29 is 4.74 Å². The number of rotatable bonds is 4. The van der Waals surface area contributed by atoms with Gasteiger partial charge in [-0.3, -0.25) is 0 Å². The summed E-state index contributed by atoms with van der Waals surface area (Å²) in [6.07, 6.45) is 0. The number of hydrogen-bond donors (Lipinski definition) is 0. The summed E-state index contributed by atoms with van der Waals surface area (Å²) in [5.41, 5.74) is 6.27. The van der Waals surface area contributed by atoms with Crippen molar-refractivity contribution in [1.82, 2.24) is 0 Å². The highest BCUT2D eigenvalue weighted by molar-refractivity contribution is 5.77. The molecule has 152 valence electrons. The molecule has 29 heavy (non-hydrogen) atoms. The topological polar surface area (TPSA) is 12.5 Å². The summed E-state index contributed by atoms with van der Waals surface area (Å²) in [4.78, 5) is 2.28. The maximum atomic E-state index is 5.48. The first-order chi connectivity index (χ1) is 13.6. The lowest BCUT2D eigenvalue weighted by molar-refractivity contribution is 0.415. The van der Waals surface area contributed by atoms with Gasteiger partial charge >= 0.3 is 0 Å². The van der Waals surface area contributed by atoms with Crippen molar-refractivity contribution in [3.8, 4) is 5.75 Å². The first-order valence-corrected chi connectivity index (χ1v) is 10.2. The minimum atomic E-state index is 0.133. The normalized spacial score (nSPS) is 12.0. The van der Waals surface area contributed by atoms with E-state index in [4.69, 9.17) is 4.74 Å². The quantitative estimate of drug-likeness (QED) is 0.453. The molecule has 0 N–H and O–H groups in total. The van der Waals surface area contributed by atoms with Crippen LogP contribution in [0.25, 0.3) is 0 Å². The summed E-state index contributed by atoms with van der Waals surface area (Å²) in [5.74, 6) is 0.852. The molecular weight excluding hydrogens is 354 g/mol. The number of methoxy groups -OCH3 is 1. The molecule has 0 unspecified atom stereocenters. The van der Waals surface area contributed by atoms with E-state index in [0.29, 0.717) is 0 Å². The van der Waals surface area contributed by atoms with Crippen LogP contribution in [0.2, 0.25) is 0 Å². The largest absolute Gasteiger partial charge is 0.497 e. The van der Waals surface area contributed by atoms with Gasteiger partial charge < -0.3 is 9.64 Å². The van der Waals surface area contributed by atoms with E-state index in [0.717, 1.165) is 22.8 Å². The highest BCUT2D eigenvalue weighted by Gasteiger charge is 2.18. The molecule has 2 nitrogen and oxygen atoms in total. The standard InChI is InChI=1S/C27H33NO/c1-26(2,3)20-11-15-22(16-12-20)28(24-9-8-10-25(19-24)29-7)23-17-13-21(14-18-23)27(4,5)6/h8-19H,1-7H3. The van der Waals surface area contributed by atoms with Crippen LogP contribution >= 0.6 is 0 Å². The van der Waals surface area contributed by atoms with Gasteiger partial charge in [-0.2, -0.15) is 0 Å². The Morgan fingerprint density at radius 2 is 1.03 bits per heavy atom. The highest BCUT2D eigenvalue weighted by atomic mass is 16.5. The molecule has 0 atom stereocenters. The molecule has 0 radical (unpaired) electrons. The lowest BCUT2D eigenvalue weighted by Gasteiger charge is -2.28. The first kappa shape index (κ1) is 21.0. The Hall–Kier alpha value is -2.74. The fourth-order valence-corrected chi connectivity index (χ4v) is 3.42. The fourth-order valence-electron chi connectivity index (χ4n) is 3.42. The van der Waals surface area contributed by atoms with Crippen LogP contribution in [0.5, 0.6) is 5.75 Å². The predicted molar refractivity (Wildman–Crippen MR) is 125 cm³/mol. The molecule has 0 saturated carbocycles. The molecule has 3 rings (SSSR count). The Bertz CT molecular complexity index is 884. The minimum absolute atomic E-state index is 0.133. The van der Waals surface area contributed by atoms with Crippen LogP contribution in [0.4, 0.5) is 17.1 Å². The molecule has 3 aromatic carbocycles. The van der Waals surface area contributed by atoms with Crippen LogP contribution in [-0.2, 0) is 10.8 Å². The molecule has 3 aromatic rings. The Morgan fingerprint density at radius 1 is 0.586 bits per heavy atom. The number of nitrogens with zero attached hydrogens (tertiary/aromatic N) is 1. The zero-order valence-corrected chi connectivity index (χ0v) is 18.8. The lowest BCUT2D eigenvalue weighted by atomic mass is 9.86. The average Bonchev–Trinajstić information content (AvgIpc) is 2.68. The van der Waals surface area contributed by atoms with Gasteiger partial charge in [-0.1, -0.05) is 71.9 Å². The van der Waals surface area contributed by atoms with Crippen LogP contribution in [0.15, 0.2) is 72.8 Å². The van der Waals surface area contributed by atoms with E-state index in [1.165, 1.54) is 11.1 Å². The van der Waals surface area contributed by atoms with Crippen molar-refractivity contribution in [2.24, 2.45) is 0 Å². The summed E-state index contributed by atoms with van der Waals surface area (Å²) in [6.45, 7) is 13.5. The van der Waals surface area contributed by atoms with Gasteiger partial charge in [-0.25, -0.2) is 0 Å². The minimum Gasteiger partial charge on any atom is -0.497 e. The zero-order valence-electron chi connectivity index (χ0n) is 18.8. The summed E-state index contributed by atoms with van der Waals surface area (Å²) in [6, 6.07) is 26.0. The van der Waals surface area contributed by atoms with Crippen molar-refractivity contribution in [3.05, 3.63) is 83.9 Å². The second-order valence-corrected chi connectivity index (χ2v) is 9.63. The van der Waals surface area contributed by atoms with Crippen molar-refractivity contribution in [1.29, 1.82) is 0 Å². The Labute approximate surface area is 176 Å². The summed E-state index contributed by atoms with van der Waals surface area (Å²) in [5, 5.41) is 0. The van der Waals surface area contributed by atoms with Crippen molar-refractivity contribution in [2.45, 2.75) is 52.4 Å².